The van der Waals surface area contributed by atoms with Gasteiger partial charge in [-0.1, -0.05) is 12.1 Å². The Labute approximate surface area is 108 Å². The van der Waals surface area contributed by atoms with Gasteiger partial charge in [-0.15, -0.1) is 0 Å². The third-order valence-corrected chi connectivity index (χ3v) is 3.27. The number of rotatable bonds is 4. The summed E-state index contributed by atoms with van der Waals surface area (Å²) in [6, 6.07) is 7.84. The molecule has 0 bridgehead atoms. The maximum absolute atomic E-state index is 12.0. The number of carbonyl (C=O) groups excluding carboxylic acids is 1. The normalized spacial score (nSPS) is 18.7. The van der Waals surface area contributed by atoms with Gasteiger partial charge < -0.3 is 15.0 Å². The average Bonchev–Trinajstić information content (AvgIpc) is 2.92. The number of para-hydroxylation sites is 2. The van der Waals surface area contributed by atoms with E-state index in [-0.39, 0.29) is 12.0 Å². The van der Waals surface area contributed by atoms with Crippen molar-refractivity contribution in [2.24, 2.45) is 0 Å². The maximum Gasteiger partial charge on any atom is 0.253 e. The summed E-state index contributed by atoms with van der Waals surface area (Å²) < 4.78 is 5.39. The zero-order valence-electron chi connectivity index (χ0n) is 11.0. The van der Waals surface area contributed by atoms with E-state index in [1.807, 2.05) is 31.3 Å². The molecule has 1 aromatic rings. The second-order valence-electron chi connectivity index (χ2n) is 4.52. The molecule has 1 aliphatic rings. The summed E-state index contributed by atoms with van der Waals surface area (Å²) in [5, 5.41) is 2.96. The summed E-state index contributed by atoms with van der Waals surface area (Å²) in [6.07, 6.45) is 1.50. The molecule has 4 heteroatoms. The van der Waals surface area contributed by atoms with E-state index in [1.54, 1.807) is 0 Å². The molecule has 4 nitrogen and oxygen atoms in total. The van der Waals surface area contributed by atoms with E-state index in [0.717, 1.165) is 30.8 Å². The minimum atomic E-state index is -0.287. The summed E-state index contributed by atoms with van der Waals surface area (Å²) in [5.41, 5.74) is 1.88. The molecule has 2 rings (SSSR count). The zero-order chi connectivity index (χ0) is 13.0. The van der Waals surface area contributed by atoms with Crippen LogP contribution in [-0.4, -0.2) is 32.2 Å². The van der Waals surface area contributed by atoms with E-state index in [9.17, 15) is 4.79 Å². The van der Waals surface area contributed by atoms with Crippen LogP contribution in [0.1, 0.15) is 19.8 Å². The van der Waals surface area contributed by atoms with Gasteiger partial charge in [-0.3, -0.25) is 4.79 Å². The lowest BCUT2D eigenvalue weighted by molar-refractivity contribution is -0.124. The first-order valence-corrected chi connectivity index (χ1v) is 6.45. The summed E-state index contributed by atoms with van der Waals surface area (Å²) in [5.74, 6) is -0.0375. The third kappa shape index (κ3) is 2.82. The van der Waals surface area contributed by atoms with Crippen molar-refractivity contribution in [1.29, 1.82) is 0 Å². The van der Waals surface area contributed by atoms with E-state index >= 15 is 0 Å². The highest BCUT2D eigenvalue weighted by Crippen LogP contribution is 2.25. The summed E-state index contributed by atoms with van der Waals surface area (Å²) in [7, 11) is 2.01. The van der Waals surface area contributed by atoms with Crippen LogP contribution in [0.2, 0.25) is 0 Å². The van der Waals surface area contributed by atoms with E-state index in [2.05, 4.69) is 17.1 Å². The van der Waals surface area contributed by atoms with Gasteiger partial charge in [0.1, 0.15) is 6.10 Å². The summed E-state index contributed by atoms with van der Waals surface area (Å²) in [4.78, 5) is 14.1. The molecule has 1 heterocycles. The molecule has 1 aromatic carbocycles. The Balaban J connectivity index is 2.10. The highest BCUT2D eigenvalue weighted by Gasteiger charge is 2.24. The molecule has 0 unspecified atom stereocenters. The molecule has 0 radical (unpaired) electrons. The Hall–Kier alpha value is -1.55. The first kappa shape index (κ1) is 12.9. The van der Waals surface area contributed by atoms with Crippen molar-refractivity contribution in [2.45, 2.75) is 25.9 Å². The molecule has 1 amide bonds. The van der Waals surface area contributed by atoms with Crippen LogP contribution in [0.3, 0.4) is 0 Å². The van der Waals surface area contributed by atoms with Gasteiger partial charge in [0.25, 0.3) is 5.91 Å². The molecule has 0 spiro atoms. The highest BCUT2D eigenvalue weighted by atomic mass is 16.5. The predicted octanol–water partition coefficient (Wildman–Crippen LogP) is 2.26. The number of carbonyl (C=O) groups is 1. The van der Waals surface area contributed by atoms with E-state index in [0.29, 0.717) is 6.61 Å². The zero-order valence-corrected chi connectivity index (χ0v) is 11.0. The molecule has 1 aliphatic heterocycles. The number of anilines is 2. The number of nitrogens with zero attached hydrogens (tertiary/aromatic N) is 1. The Kier molecular flexibility index (Phi) is 4.20. The predicted molar refractivity (Wildman–Crippen MR) is 73.0 cm³/mol. The topological polar surface area (TPSA) is 41.6 Å². The van der Waals surface area contributed by atoms with Crippen molar-refractivity contribution < 1.29 is 9.53 Å². The lowest BCUT2D eigenvalue weighted by Gasteiger charge is -2.21. The SMILES string of the molecule is CCN(C)c1ccccc1NC(=O)[C@@H]1CCCO1. The van der Waals surface area contributed by atoms with Gasteiger partial charge >= 0.3 is 0 Å². The van der Waals surface area contributed by atoms with Crippen LogP contribution >= 0.6 is 0 Å². The highest BCUT2D eigenvalue weighted by molar-refractivity contribution is 5.97. The minimum Gasteiger partial charge on any atom is -0.373 e. The number of hydrogen-bond acceptors (Lipinski definition) is 3. The molecular formula is C14H20N2O2. The lowest BCUT2D eigenvalue weighted by atomic mass is 10.2. The largest absolute Gasteiger partial charge is 0.373 e. The van der Waals surface area contributed by atoms with Crippen molar-refractivity contribution in [3.05, 3.63) is 24.3 Å². The van der Waals surface area contributed by atoms with E-state index in [1.165, 1.54) is 0 Å². The molecule has 1 N–H and O–H groups in total. The maximum atomic E-state index is 12.0. The Morgan fingerprint density at radius 3 is 2.94 bits per heavy atom. The number of amides is 1. The van der Waals surface area contributed by atoms with Crippen molar-refractivity contribution in [2.75, 3.05) is 30.4 Å². The smallest absolute Gasteiger partial charge is 0.253 e. The monoisotopic (exact) mass is 248 g/mol. The fraction of sp³-hybridized carbons (Fsp3) is 0.500. The van der Waals surface area contributed by atoms with Gasteiger partial charge in [-0.2, -0.15) is 0 Å². The van der Waals surface area contributed by atoms with E-state index < -0.39 is 0 Å². The van der Waals surface area contributed by atoms with Crippen LogP contribution in [-0.2, 0) is 9.53 Å². The number of hydrogen-bond donors (Lipinski definition) is 1. The first-order chi connectivity index (χ1) is 8.72. The van der Waals surface area contributed by atoms with Gasteiger partial charge in [0, 0.05) is 20.2 Å². The second kappa shape index (κ2) is 5.87. The lowest BCUT2D eigenvalue weighted by Crippen LogP contribution is -2.28. The molecule has 0 saturated carbocycles. The van der Waals surface area contributed by atoms with Gasteiger partial charge in [-0.05, 0) is 31.9 Å². The standard InChI is InChI=1S/C14H20N2O2/c1-3-16(2)12-8-5-4-7-11(12)15-14(17)13-9-6-10-18-13/h4-5,7-8,13H,3,6,9-10H2,1-2H3,(H,15,17)/t13-/m0/s1. The first-order valence-electron chi connectivity index (χ1n) is 6.45. The third-order valence-electron chi connectivity index (χ3n) is 3.27. The molecule has 98 valence electrons. The van der Waals surface area contributed by atoms with Gasteiger partial charge in [0.15, 0.2) is 0 Å². The van der Waals surface area contributed by atoms with Crippen molar-refractivity contribution in [1.82, 2.24) is 0 Å². The van der Waals surface area contributed by atoms with Crippen molar-refractivity contribution in [3.8, 4) is 0 Å². The number of nitrogens with one attached hydrogen (secondary N) is 1. The Morgan fingerprint density at radius 2 is 2.28 bits per heavy atom. The minimum absolute atomic E-state index is 0.0375. The summed E-state index contributed by atoms with van der Waals surface area (Å²) >= 11 is 0. The van der Waals surface area contributed by atoms with Gasteiger partial charge in [-0.25, -0.2) is 0 Å². The van der Waals surface area contributed by atoms with Crippen LogP contribution in [0.15, 0.2) is 24.3 Å². The fourth-order valence-electron chi connectivity index (χ4n) is 2.08. The Morgan fingerprint density at radius 1 is 1.50 bits per heavy atom. The Bertz CT molecular complexity index is 414. The van der Waals surface area contributed by atoms with Crippen molar-refractivity contribution >= 4 is 17.3 Å². The molecule has 1 saturated heterocycles. The molecule has 1 atom stereocenters. The average molecular weight is 248 g/mol. The summed E-state index contributed by atoms with van der Waals surface area (Å²) in [6.45, 7) is 3.67. The number of ether oxygens (including phenoxy) is 1. The second-order valence-corrected chi connectivity index (χ2v) is 4.52. The molecule has 0 aliphatic carbocycles. The van der Waals surface area contributed by atoms with Gasteiger partial charge in [0.2, 0.25) is 0 Å². The van der Waals surface area contributed by atoms with Crippen LogP contribution in [0.4, 0.5) is 11.4 Å². The quantitative estimate of drug-likeness (QED) is 0.888. The number of benzene rings is 1. The van der Waals surface area contributed by atoms with Crippen LogP contribution < -0.4 is 10.2 Å². The van der Waals surface area contributed by atoms with Crippen molar-refractivity contribution in [3.63, 3.8) is 0 Å². The van der Waals surface area contributed by atoms with Crippen LogP contribution in [0.25, 0.3) is 0 Å². The van der Waals surface area contributed by atoms with E-state index in [4.69, 9.17) is 4.74 Å². The van der Waals surface area contributed by atoms with Crippen LogP contribution in [0, 0.1) is 0 Å². The molecule has 1 fully saturated rings. The van der Waals surface area contributed by atoms with Gasteiger partial charge in [0.05, 0.1) is 11.4 Å². The van der Waals surface area contributed by atoms with Crippen LogP contribution in [0.5, 0.6) is 0 Å². The molecular weight excluding hydrogens is 228 g/mol. The molecule has 0 aromatic heterocycles. The fourth-order valence-corrected chi connectivity index (χ4v) is 2.08. The molecule has 18 heavy (non-hydrogen) atoms.